The van der Waals surface area contributed by atoms with Gasteiger partial charge in [-0.25, -0.2) is 5.43 Å². The normalized spacial score (nSPS) is 10.4. The first kappa shape index (κ1) is 15.2. The number of nitrogens with zero attached hydrogens (tertiary/aromatic N) is 1. The van der Waals surface area contributed by atoms with Gasteiger partial charge >= 0.3 is 0 Å². The predicted molar refractivity (Wildman–Crippen MR) is 83.9 cm³/mol. The third-order valence-corrected chi connectivity index (χ3v) is 2.72. The molecule has 0 radical (unpaired) electrons. The van der Waals surface area contributed by atoms with Gasteiger partial charge in [-0.1, -0.05) is 6.07 Å². The summed E-state index contributed by atoms with van der Waals surface area (Å²) in [5, 5.41) is 15.6. The fraction of sp³-hybridized carbons (Fsp3) is 0.0625. The number of carbonyl (C=O) groups excluding carboxylic acids is 2. The molecule has 2 rings (SSSR count). The van der Waals surface area contributed by atoms with Crippen molar-refractivity contribution in [1.82, 2.24) is 5.43 Å². The maximum atomic E-state index is 11.9. The summed E-state index contributed by atoms with van der Waals surface area (Å²) in [5.41, 5.74) is 4.07. The Morgan fingerprint density at radius 3 is 2.55 bits per heavy atom. The second-order valence-electron chi connectivity index (χ2n) is 4.55. The molecular weight excluding hydrogens is 282 g/mol. The number of hydrogen-bond donors (Lipinski definition) is 3. The van der Waals surface area contributed by atoms with Crippen LogP contribution in [0.4, 0.5) is 5.69 Å². The molecule has 0 saturated heterocycles. The van der Waals surface area contributed by atoms with Crippen LogP contribution in [0.2, 0.25) is 0 Å². The van der Waals surface area contributed by atoms with Crippen molar-refractivity contribution in [3.8, 4) is 5.75 Å². The minimum atomic E-state index is -0.387. The first-order chi connectivity index (χ1) is 10.5. The average Bonchev–Trinajstić information content (AvgIpc) is 2.49. The maximum absolute atomic E-state index is 11.9. The zero-order valence-electron chi connectivity index (χ0n) is 11.9. The van der Waals surface area contributed by atoms with Crippen molar-refractivity contribution in [1.29, 1.82) is 0 Å². The number of phenolic OH excluding ortho intramolecular Hbond substituents is 1. The Labute approximate surface area is 127 Å². The second-order valence-corrected chi connectivity index (χ2v) is 4.55. The van der Waals surface area contributed by atoms with Gasteiger partial charge < -0.3 is 10.4 Å². The van der Waals surface area contributed by atoms with Gasteiger partial charge in [-0.2, -0.15) is 5.10 Å². The van der Waals surface area contributed by atoms with E-state index in [0.29, 0.717) is 11.3 Å². The molecule has 0 spiro atoms. The van der Waals surface area contributed by atoms with Crippen molar-refractivity contribution in [2.24, 2.45) is 5.10 Å². The number of hydrazone groups is 1. The molecule has 2 aromatic carbocycles. The molecule has 2 amide bonds. The first-order valence-corrected chi connectivity index (χ1v) is 6.55. The Kier molecular flexibility index (Phi) is 4.87. The van der Waals surface area contributed by atoms with E-state index in [-0.39, 0.29) is 17.6 Å². The van der Waals surface area contributed by atoms with E-state index in [4.69, 9.17) is 5.11 Å². The van der Waals surface area contributed by atoms with Crippen molar-refractivity contribution < 1.29 is 14.7 Å². The topological polar surface area (TPSA) is 90.8 Å². The maximum Gasteiger partial charge on any atom is 0.271 e. The van der Waals surface area contributed by atoms with Crippen LogP contribution in [0.25, 0.3) is 0 Å². The smallest absolute Gasteiger partial charge is 0.271 e. The molecule has 0 bridgehead atoms. The molecule has 0 fully saturated rings. The molecule has 0 atom stereocenters. The van der Waals surface area contributed by atoms with Gasteiger partial charge in [0.05, 0.1) is 6.21 Å². The van der Waals surface area contributed by atoms with Gasteiger partial charge in [-0.3, -0.25) is 9.59 Å². The van der Waals surface area contributed by atoms with Gasteiger partial charge in [0.1, 0.15) is 5.75 Å². The summed E-state index contributed by atoms with van der Waals surface area (Å²) in [6.07, 6.45) is 1.47. The molecule has 0 saturated carbocycles. The highest BCUT2D eigenvalue weighted by Crippen LogP contribution is 2.10. The van der Waals surface area contributed by atoms with Crippen molar-refractivity contribution >= 4 is 23.7 Å². The molecule has 0 aliphatic heterocycles. The first-order valence-electron chi connectivity index (χ1n) is 6.55. The van der Waals surface area contributed by atoms with Gasteiger partial charge in [0, 0.05) is 18.2 Å². The SMILES string of the molecule is CC(=O)Nc1cccc(C(=O)NN=Cc2ccc(O)cc2)c1. The minimum absolute atomic E-state index is 0.163. The lowest BCUT2D eigenvalue weighted by Crippen LogP contribution is -2.18. The van der Waals surface area contributed by atoms with Crippen LogP contribution in [0, 0.1) is 0 Å². The Morgan fingerprint density at radius 2 is 1.86 bits per heavy atom. The fourth-order valence-electron chi connectivity index (χ4n) is 1.73. The number of anilines is 1. The lowest BCUT2D eigenvalue weighted by Gasteiger charge is -2.04. The Balaban J connectivity index is 2.00. The number of benzene rings is 2. The van der Waals surface area contributed by atoms with Crippen LogP contribution < -0.4 is 10.7 Å². The van der Waals surface area contributed by atoms with E-state index in [0.717, 1.165) is 5.56 Å². The number of carbonyl (C=O) groups is 2. The molecule has 0 unspecified atom stereocenters. The summed E-state index contributed by atoms with van der Waals surface area (Å²) in [6.45, 7) is 1.40. The molecule has 0 aromatic heterocycles. The van der Waals surface area contributed by atoms with Crippen LogP contribution in [0.1, 0.15) is 22.8 Å². The number of amides is 2. The number of phenols is 1. The summed E-state index contributed by atoms with van der Waals surface area (Å²) < 4.78 is 0. The van der Waals surface area contributed by atoms with E-state index in [1.165, 1.54) is 25.3 Å². The summed E-state index contributed by atoms with van der Waals surface area (Å²) in [7, 11) is 0. The predicted octanol–water partition coefficient (Wildman–Crippen LogP) is 2.11. The Hall–Kier alpha value is -3.15. The van der Waals surface area contributed by atoms with Gasteiger partial charge in [-0.15, -0.1) is 0 Å². The van der Waals surface area contributed by atoms with E-state index in [1.54, 1.807) is 36.4 Å². The Bertz CT molecular complexity index is 709. The highest BCUT2D eigenvalue weighted by molar-refractivity contribution is 5.97. The highest BCUT2D eigenvalue weighted by Gasteiger charge is 2.05. The second kappa shape index (κ2) is 7.03. The summed E-state index contributed by atoms with van der Waals surface area (Å²) in [4.78, 5) is 22.9. The molecule has 22 heavy (non-hydrogen) atoms. The van der Waals surface area contributed by atoms with Crippen LogP contribution in [0.5, 0.6) is 5.75 Å². The van der Waals surface area contributed by atoms with E-state index < -0.39 is 0 Å². The quantitative estimate of drug-likeness (QED) is 0.596. The molecule has 6 nitrogen and oxygen atoms in total. The highest BCUT2D eigenvalue weighted by atomic mass is 16.3. The van der Waals surface area contributed by atoms with Gasteiger partial charge in [0.2, 0.25) is 5.91 Å². The molecule has 6 heteroatoms. The summed E-state index contributed by atoms with van der Waals surface area (Å²) >= 11 is 0. The van der Waals surface area contributed by atoms with Crippen molar-refractivity contribution in [2.45, 2.75) is 6.92 Å². The molecule has 0 aliphatic rings. The van der Waals surface area contributed by atoms with Crippen molar-refractivity contribution in [2.75, 3.05) is 5.32 Å². The number of nitrogens with one attached hydrogen (secondary N) is 2. The van der Waals surface area contributed by atoms with Gasteiger partial charge in [0.15, 0.2) is 0 Å². The Morgan fingerprint density at radius 1 is 1.14 bits per heavy atom. The molecule has 0 heterocycles. The minimum Gasteiger partial charge on any atom is -0.508 e. The van der Waals surface area contributed by atoms with Gasteiger partial charge in [-0.05, 0) is 48.0 Å². The van der Waals surface area contributed by atoms with Crippen LogP contribution >= 0.6 is 0 Å². The molecule has 112 valence electrons. The van der Waals surface area contributed by atoms with Crippen LogP contribution in [-0.4, -0.2) is 23.1 Å². The van der Waals surface area contributed by atoms with Crippen molar-refractivity contribution in [3.63, 3.8) is 0 Å². The molecule has 3 N–H and O–H groups in total. The largest absolute Gasteiger partial charge is 0.508 e. The standard InChI is InChI=1S/C16H15N3O3/c1-11(20)18-14-4-2-3-13(9-14)16(22)19-17-10-12-5-7-15(21)8-6-12/h2-10,21H,1H3,(H,18,20)(H,19,22). The summed E-state index contributed by atoms with van der Waals surface area (Å²) in [5.74, 6) is -0.430. The third kappa shape index (κ3) is 4.45. The van der Waals surface area contributed by atoms with Crippen LogP contribution in [-0.2, 0) is 4.79 Å². The number of aromatic hydroxyl groups is 1. The molecular formula is C16H15N3O3. The number of hydrogen-bond acceptors (Lipinski definition) is 4. The lowest BCUT2D eigenvalue weighted by atomic mass is 10.2. The number of rotatable bonds is 4. The third-order valence-electron chi connectivity index (χ3n) is 2.72. The zero-order chi connectivity index (χ0) is 15.9. The zero-order valence-corrected chi connectivity index (χ0v) is 11.9. The van der Waals surface area contributed by atoms with Crippen molar-refractivity contribution in [3.05, 3.63) is 59.7 Å². The molecule has 0 aliphatic carbocycles. The molecule has 2 aromatic rings. The average molecular weight is 297 g/mol. The van der Waals surface area contributed by atoms with Gasteiger partial charge in [0.25, 0.3) is 5.91 Å². The lowest BCUT2D eigenvalue weighted by molar-refractivity contribution is -0.114. The van der Waals surface area contributed by atoms with E-state index in [1.807, 2.05) is 0 Å². The summed E-state index contributed by atoms with van der Waals surface area (Å²) in [6, 6.07) is 12.9. The van der Waals surface area contributed by atoms with E-state index in [2.05, 4.69) is 15.8 Å². The van der Waals surface area contributed by atoms with Crippen LogP contribution in [0.15, 0.2) is 53.6 Å². The van der Waals surface area contributed by atoms with E-state index in [9.17, 15) is 9.59 Å². The van der Waals surface area contributed by atoms with E-state index >= 15 is 0 Å². The monoisotopic (exact) mass is 297 g/mol. The van der Waals surface area contributed by atoms with Crippen LogP contribution in [0.3, 0.4) is 0 Å². The fourth-order valence-corrected chi connectivity index (χ4v) is 1.73.